The Bertz CT molecular complexity index is 785. The topological polar surface area (TPSA) is 68.3 Å². The molecule has 1 N–H and O–H groups in total. The lowest BCUT2D eigenvalue weighted by Crippen LogP contribution is -2.06. The Kier molecular flexibility index (Phi) is 3.25. The molecule has 2 heterocycles. The predicted octanol–water partition coefficient (Wildman–Crippen LogP) is 3.50. The molecule has 5 heteroatoms. The highest BCUT2D eigenvalue weighted by Crippen LogP contribution is 2.24. The van der Waals surface area contributed by atoms with Crippen LogP contribution in [0.2, 0.25) is 0 Å². The molecule has 0 spiro atoms. The largest absolute Gasteiger partial charge is 0.478 e. The van der Waals surface area contributed by atoms with E-state index in [1.165, 1.54) is 0 Å². The van der Waals surface area contributed by atoms with Crippen LogP contribution < -0.4 is 0 Å². The maximum Gasteiger partial charge on any atom is 0.335 e. The Morgan fingerprint density at radius 3 is 2.81 bits per heavy atom. The van der Waals surface area contributed by atoms with Gasteiger partial charge in [-0.3, -0.25) is 0 Å². The Balaban J connectivity index is 2.18. The molecule has 0 fully saturated rings. The van der Waals surface area contributed by atoms with Crippen molar-refractivity contribution in [1.29, 1.82) is 0 Å². The highest BCUT2D eigenvalue weighted by molar-refractivity contribution is 5.92. The molecule has 0 aliphatic rings. The van der Waals surface area contributed by atoms with Crippen molar-refractivity contribution in [3.05, 3.63) is 53.7 Å². The van der Waals surface area contributed by atoms with Crippen LogP contribution in [0.25, 0.3) is 11.0 Å². The summed E-state index contributed by atoms with van der Waals surface area (Å²) in [6.45, 7) is 4.76. The number of hydrogen-bond donors (Lipinski definition) is 1. The number of carbonyl (C=O) groups is 1. The quantitative estimate of drug-likeness (QED) is 0.796. The number of benzene rings is 1. The van der Waals surface area contributed by atoms with Crippen LogP contribution >= 0.6 is 0 Å². The summed E-state index contributed by atoms with van der Waals surface area (Å²) < 4.78 is 7.16. The first kappa shape index (κ1) is 13.4. The van der Waals surface area contributed by atoms with E-state index in [1.807, 2.05) is 6.07 Å². The number of fused-ring (bicyclic) bond motifs is 1. The molecule has 0 bridgehead atoms. The van der Waals surface area contributed by atoms with Crippen molar-refractivity contribution < 1.29 is 14.3 Å². The van der Waals surface area contributed by atoms with Crippen molar-refractivity contribution in [1.82, 2.24) is 9.55 Å². The number of aromatic carboxylic acids is 1. The molecule has 3 aromatic rings. The second kappa shape index (κ2) is 5.09. The van der Waals surface area contributed by atoms with E-state index in [2.05, 4.69) is 23.4 Å². The molecule has 2 aromatic heterocycles. The van der Waals surface area contributed by atoms with Gasteiger partial charge in [-0.1, -0.05) is 13.8 Å². The van der Waals surface area contributed by atoms with Crippen LogP contribution in [0, 0.1) is 0 Å². The fourth-order valence-electron chi connectivity index (χ4n) is 2.45. The third-order valence-electron chi connectivity index (χ3n) is 3.46. The van der Waals surface area contributed by atoms with Gasteiger partial charge >= 0.3 is 5.97 Å². The smallest absolute Gasteiger partial charge is 0.335 e. The average Bonchev–Trinajstić information content (AvgIpc) is 3.06. The van der Waals surface area contributed by atoms with Crippen molar-refractivity contribution in [3.63, 3.8) is 0 Å². The molecule has 3 rings (SSSR count). The SMILES string of the molecule is CC(C)c1nc2ccc(C(=O)O)cc2n1Cc1ccoc1. The fraction of sp³-hybridized carbons (Fsp3) is 0.250. The molecule has 21 heavy (non-hydrogen) atoms. The van der Waals surface area contributed by atoms with E-state index in [1.54, 1.807) is 30.7 Å². The van der Waals surface area contributed by atoms with Gasteiger partial charge in [-0.2, -0.15) is 0 Å². The summed E-state index contributed by atoms with van der Waals surface area (Å²) in [6.07, 6.45) is 3.32. The number of furan rings is 1. The minimum atomic E-state index is -0.931. The first-order valence-corrected chi connectivity index (χ1v) is 6.81. The predicted molar refractivity (Wildman–Crippen MR) is 78.6 cm³/mol. The van der Waals surface area contributed by atoms with Crippen LogP contribution in [0.3, 0.4) is 0 Å². The van der Waals surface area contributed by atoms with Gasteiger partial charge in [-0.05, 0) is 24.3 Å². The maximum absolute atomic E-state index is 11.2. The van der Waals surface area contributed by atoms with Gasteiger partial charge in [0.1, 0.15) is 5.82 Å². The minimum Gasteiger partial charge on any atom is -0.478 e. The van der Waals surface area contributed by atoms with Crippen LogP contribution in [0.5, 0.6) is 0 Å². The number of hydrogen-bond acceptors (Lipinski definition) is 3. The number of carboxylic acid groups (broad SMARTS) is 1. The van der Waals surface area contributed by atoms with Crippen molar-refractivity contribution in [2.24, 2.45) is 0 Å². The van der Waals surface area contributed by atoms with E-state index in [9.17, 15) is 4.79 Å². The number of carboxylic acids is 1. The molecule has 108 valence electrons. The molecule has 5 nitrogen and oxygen atoms in total. The first-order chi connectivity index (χ1) is 10.1. The Labute approximate surface area is 121 Å². The van der Waals surface area contributed by atoms with Gasteiger partial charge in [0.2, 0.25) is 0 Å². The molecule has 0 saturated carbocycles. The van der Waals surface area contributed by atoms with Gasteiger partial charge < -0.3 is 14.1 Å². The standard InChI is InChI=1S/C16H16N2O3/c1-10(2)15-17-13-4-3-12(16(19)20)7-14(13)18(15)8-11-5-6-21-9-11/h3-7,9-10H,8H2,1-2H3,(H,19,20). The second-order valence-electron chi connectivity index (χ2n) is 5.35. The van der Waals surface area contributed by atoms with Crippen molar-refractivity contribution in [2.75, 3.05) is 0 Å². The summed E-state index contributed by atoms with van der Waals surface area (Å²) >= 11 is 0. The van der Waals surface area contributed by atoms with E-state index in [4.69, 9.17) is 9.52 Å². The minimum absolute atomic E-state index is 0.248. The average molecular weight is 284 g/mol. The van der Waals surface area contributed by atoms with Crippen LogP contribution in [-0.4, -0.2) is 20.6 Å². The first-order valence-electron chi connectivity index (χ1n) is 6.81. The third kappa shape index (κ3) is 2.42. The van der Waals surface area contributed by atoms with Crippen molar-refractivity contribution in [2.45, 2.75) is 26.3 Å². The van der Waals surface area contributed by atoms with Gasteiger partial charge in [0, 0.05) is 11.5 Å². The van der Waals surface area contributed by atoms with E-state index in [0.29, 0.717) is 6.54 Å². The lowest BCUT2D eigenvalue weighted by atomic mass is 10.2. The van der Waals surface area contributed by atoms with E-state index in [0.717, 1.165) is 22.4 Å². The van der Waals surface area contributed by atoms with Crippen LogP contribution in [0.4, 0.5) is 0 Å². The van der Waals surface area contributed by atoms with Crippen LogP contribution in [0.1, 0.15) is 41.5 Å². The van der Waals surface area contributed by atoms with Crippen LogP contribution in [-0.2, 0) is 6.54 Å². The van der Waals surface area contributed by atoms with Crippen molar-refractivity contribution in [3.8, 4) is 0 Å². The maximum atomic E-state index is 11.2. The fourth-order valence-corrected chi connectivity index (χ4v) is 2.45. The molecular formula is C16H16N2O3. The zero-order chi connectivity index (χ0) is 15.0. The molecular weight excluding hydrogens is 268 g/mol. The van der Waals surface area contributed by atoms with Gasteiger partial charge in [0.25, 0.3) is 0 Å². The zero-order valence-corrected chi connectivity index (χ0v) is 11.9. The Morgan fingerprint density at radius 2 is 2.19 bits per heavy atom. The monoisotopic (exact) mass is 284 g/mol. The Morgan fingerprint density at radius 1 is 1.38 bits per heavy atom. The molecule has 1 aromatic carbocycles. The zero-order valence-electron chi connectivity index (χ0n) is 11.9. The number of aromatic nitrogens is 2. The van der Waals surface area contributed by atoms with E-state index in [-0.39, 0.29) is 11.5 Å². The second-order valence-corrected chi connectivity index (χ2v) is 5.35. The summed E-state index contributed by atoms with van der Waals surface area (Å²) in [5.74, 6) is 0.255. The number of nitrogens with zero attached hydrogens (tertiary/aromatic N) is 2. The summed E-state index contributed by atoms with van der Waals surface area (Å²) in [5, 5.41) is 9.16. The number of imidazole rings is 1. The normalized spacial score (nSPS) is 11.4. The summed E-state index contributed by atoms with van der Waals surface area (Å²) in [5.41, 5.74) is 2.94. The molecule has 0 saturated heterocycles. The highest BCUT2D eigenvalue weighted by atomic mass is 16.4. The lowest BCUT2D eigenvalue weighted by Gasteiger charge is -2.10. The summed E-state index contributed by atoms with van der Waals surface area (Å²) in [6, 6.07) is 6.92. The lowest BCUT2D eigenvalue weighted by molar-refractivity contribution is 0.0697. The van der Waals surface area contributed by atoms with Crippen molar-refractivity contribution >= 4 is 17.0 Å². The van der Waals surface area contributed by atoms with Gasteiger partial charge in [-0.15, -0.1) is 0 Å². The number of rotatable bonds is 4. The molecule has 0 radical (unpaired) electrons. The van der Waals surface area contributed by atoms with Gasteiger partial charge in [0.05, 0.1) is 35.7 Å². The van der Waals surface area contributed by atoms with Gasteiger partial charge in [0.15, 0.2) is 0 Å². The Hall–Kier alpha value is -2.56. The summed E-state index contributed by atoms with van der Waals surface area (Å²) in [4.78, 5) is 15.8. The molecule has 0 aliphatic carbocycles. The molecule has 0 unspecified atom stereocenters. The summed E-state index contributed by atoms with van der Waals surface area (Å²) in [7, 11) is 0. The van der Waals surface area contributed by atoms with Crippen LogP contribution in [0.15, 0.2) is 41.2 Å². The molecule has 0 atom stereocenters. The molecule has 0 aliphatic heterocycles. The molecule has 0 amide bonds. The van der Waals surface area contributed by atoms with E-state index >= 15 is 0 Å². The van der Waals surface area contributed by atoms with E-state index < -0.39 is 5.97 Å². The third-order valence-corrected chi connectivity index (χ3v) is 3.46. The van der Waals surface area contributed by atoms with Gasteiger partial charge in [-0.25, -0.2) is 9.78 Å². The highest BCUT2D eigenvalue weighted by Gasteiger charge is 2.16.